The maximum absolute atomic E-state index is 13.2. The van der Waals surface area contributed by atoms with E-state index in [9.17, 15) is 9.18 Å². The highest BCUT2D eigenvalue weighted by molar-refractivity contribution is 5.96. The highest BCUT2D eigenvalue weighted by Crippen LogP contribution is 2.25. The van der Waals surface area contributed by atoms with E-state index in [0.717, 1.165) is 18.4 Å². The standard InChI is InChI=1S/C18H17FO2/c1-12(20)17-10-16(19)7-8-18(17)21-11-13-5-6-14-3-2-4-15(14)9-13/h5-10H,2-4,11H2,1H3. The van der Waals surface area contributed by atoms with Crippen molar-refractivity contribution in [2.45, 2.75) is 32.8 Å². The monoisotopic (exact) mass is 284 g/mol. The Bertz CT molecular complexity index is 692. The molecule has 0 aromatic heterocycles. The molecule has 2 nitrogen and oxygen atoms in total. The van der Waals surface area contributed by atoms with Crippen molar-refractivity contribution in [1.29, 1.82) is 0 Å². The minimum absolute atomic E-state index is 0.196. The predicted molar refractivity (Wildman–Crippen MR) is 79.2 cm³/mol. The molecule has 1 aliphatic carbocycles. The van der Waals surface area contributed by atoms with Gasteiger partial charge in [0.25, 0.3) is 0 Å². The van der Waals surface area contributed by atoms with Gasteiger partial charge in [0.05, 0.1) is 5.56 Å². The molecule has 21 heavy (non-hydrogen) atoms. The summed E-state index contributed by atoms with van der Waals surface area (Å²) in [6.45, 7) is 1.80. The molecule has 0 heterocycles. The Labute approximate surface area is 123 Å². The number of carbonyl (C=O) groups excluding carboxylic acids is 1. The summed E-state index contributed by atoms with van der Waals surface area (Å²) in [6.07, 6.45) is 3.49. The third-order valence-electron chi connectivity index (χ3n) is 3.88. The maximum atomic E-state index is 13.2. The van der Waals surface area contributed by atoms with Crippen LogP contribution in [0.4, 0.5) is 4.39 Å². The molecule has 1 aliphatic rings. The van der Waals surface area contributed by atoms with Crippen LogP contribution in [0.15, 0.2) is 36.4 Å². The largest absolute Gasteiger partial charge is 0.488 e. The summed E-state index contributed by atoms with van der Waals surface area (Å²) in [7, 11) is 0. The van der Waals surface area contributed by atoms with Gasteiger partial charge in [-0.1, -0.05) is 18.2 Å². The van der Waals surface area contributed by atoms with E-state index in [-0.39, 0.29) is 11.3 Å². The molecule has 0 amide bonds. The first-order valence-corrected chi connectivity index (χ1v) is 7.17. The van der Waals surface area contributed by atoms with Crippen LogP contribution in [0.3, 0.4) is 0 Å². The summed E-state index contributed by atoms with van der Waals surface area (Å²) in [5.74, 6) is -0.187. The Kier molecular flexibility index (Phi) is 3.74. The predicted octanol–water partition coefficient (Wildman–Crippen LogP) is 4.10. The fourth-order valence-electron chi connectivity index (χ4n) is 2.78. The lowest BCUT2D eigenvalue weighted by Gasteiger charge is -2.11. The van der Waals surface area contributed by atoms with Gasteiger partial charge in [-0.15, -0.1) is 0 Å². The molecule has 0 unspecified atom stereocenters. The van der Waals surface area contributed by atoms with Crippen LogP contribution in [0.25, 0.3) is 0 Å². The molecule has 0 atom stereocenters. The van der Waals surface area contributed by atoms with Crippen LogP contribution < -0.4 is 4.74 Å². The van der Waals surface area contributed by atoms with Crippen LogP contribution in [0.5, 0.6) is 5.75 Å². The van der Waals surface area contributed by atoms with E-state index in [4.69, 9.17) is 4.74 Å². The number of Topliss-reactive ketones (excluding diaryl/α,β-unsaturated/α-hetero) is 1. The average molecular weight is 284 g/mol. The van der Waals surface area contributed by atoms with Crippen molar-refractivity contribution >= 4 is 5.78 Å². The van der Waals surface area contributed by atoms with Gasteiger partial charge in [-0.2, -0.15) is 0 Å². The lowest BCUT2D eigenvalue weighted by atomic mass is 10.1. The number of ether oxygens (including phenoxy) is 1. The highest BCUT2D eigenvalue weighted by atomic mass is 19.1. The van der Waals surface area contributed by atoms with E-state index < -0.39 is 5.82 Å². The SMILES string of the molecule is CC(=O)c1cc(F)ccc1OCc1ccc2c(c1)CCC2. The molecule has 0 saturated carbocycles. The minimum Gasteiger partial charge on any atom is -0.488 e. The van der Waals surface area contributed by atoms with E-state index in [1.165, 1.54) is 42.7 Å². The summed E-state index contributed by atoms with van der Waals surface area (Å²) in [5.41, 5.74) is 4.18. The summed E-state index contributed by atoms with van der Waals surface area (Å²) < 4.78 is 18.9. The number of fused-ring (bicyclic) bond motifs is 1. The van der Waals surface area contributed by atoms with Crippen LogP contribution in [0.2, 0.25) is 0 Å². The molecule has 3 rings (SSSR count). The van der Waals surface area contributed by atoms with Gasteiger partial charge >= 0.3 is 0 Å². The fraction of sp³-hybridized carbons (Fsp3) is 0.278. The zero-order chi connectivity index (χ0) is 14.8. The zero-order valence-corrected chi connectivity index (χ0v) is 12.0. The molecule has 0 N–H and O–H groups in total. The first-order valence-electron chi connectivity index (χ1n) is 7.17. The summed E-state index contributed by atoms with van der Waals surface area (Å²) in [6, 6.07) is 10.4. The molecule has 2 aromatic rings. The van der Waals surface area contributed by atoms with E-state index >= 15 is 0 Å². The lowest BCUT2D eigenvalue weighted by Crippen LogP contribution is -2.02. The Balaban J connectivity index is 1.77. The van der Waals surface area contributed by atoms with Gasteiger partial charge < -0.3 is 4.74 Å². The van der Waals surface area contributed by atoms with Crippen LogP contribution >= 0.6 is 0 Å². The molecule has 0 bridgehead atoms. The van der Waals surface area contributed by atoms with Gasteiger partial charge in [-0.05, 0) is 61.1 Å². The van der Waals surface area contributed by atoms with Crippen LogP contribution in [-0.4, -0.2) is 5.78 Å². The minimum atomic E-state index is -0.426. The Morgan fingerprint density at radius 3 is 2.76 bits per heavy atom. The molecular formula is C18H17FO2. The number of hydrogen-bond acceptors (Lipinski definition) is 2. The van der Waals surface area contributed by atoms with Crippen LogP contribution in [-0.2, 0) is 19.4 Å². The molecule has 0 fully saturated rings. The van der Waals surface area contributed by atoms with Crippen molar-refractivity contribution in [3.63, 3.8) is 0 Å². The van der Waals surface area contributed by atoms with Crippen molar-refractivity contribution in [2.24, 2.45) is 0 Å². The number of benzene rings is 2. The molecule has 108 valence electrons. The molecule has 3 heteroatoms. The van der Waals surface area contributed by atoms with Crippen molar-refractivity contribution in [2.75, 3.05) is 0 Å². The normalized spacial score (nSPS) is 13.0. The van der Waals surface area contributed by atoms with Crippen molar-refractivity contribution < 1.29 is 13.9 Å². The van der Waals surface area contributed by atoms with Crippen molar-refractivity contribution in [1.82, 2.24) is 0 Å². The molecular weight excluding hydrogens is 267 g/mol. The van der Waals surface area contributed by atoms with Gasteiger partial charge in [-0.3, -0.25) is 4.79 Å². The zero-order valence-electron chi connectivity index (χ0n) is 12.0. The Hall–Kier alpha value is -2.16. The third-order valence-corrected chi connectivity index (χ3v) is 3.88. The van der Waals surface area contributed by atoms with E-state index in [2.05, 4.69) is 18.2 Å². The van der Waals surface area contributed by atoms with Gasteiger partial charge in [-0.25, -0.2) is 4.39 Å². The van der Waals surface area contributed by atoms with Gasteiger partial charge in [0.15, 0.2) is 5.78 Å². The maximum Gasteiger partial charge on any atom is 0.163 e. The summed E-state index contributed by atoms with van der Waals surface area (Å²) in [5, 5.41) is 0. The first kappa shape index (κ1) is 13.8. The number of ketones is 1. The number of hydrogen-bond donors (Lipinski definition) is 0. The smallest absolute Gasteiger partial charge is 0.163 e. The number of carbonyl (C=O) groups is 1. The quantitative estimate of drug-likeness (QED) is 0.790. The van der Waals surface area contributed by atoms with Crippen LogP contribution in [0, 0.1) is 5.82 Å². The van der Waals surface area contributed by atoms with Gasteiger partial charge in [0, 0.05) is 0 Å². The summed E-state index contributed by atoms with van der Waals surface area (Å²) >= 11 is 0. The van der Waals surface area contributed by atoms with E-state index in [0.29, 0.717) is 12.4 Å². The average Bonchev–Trinajstić information content (AvgIpc) is 2.93. The topological polar surface area (TPSA) is 26.3 Å². The van der Waals surface area contributed by atoms with Crippen molar-refractivity contribution in [3.8, 4) is 5.75 Å². The summed E-state index contributed by atoms with van der Waals surface area (Å²) in [4.78, 5) is 11.5. The van der Waals surface area contributed by atoms with E-state index in [1.54, 1.807) is 0 Å². The molecule has 0 aliphatic heterocycles. The van der Waals surface area contributed by atoms with Crippen LogP contribution in [0.1, 0.15) is 40.4 Å². The molecule has 0 spiro atoms. The van der Waals surface area contributed by atoms with E-state index in [1.807, 2.05) is 0 Å². The second-order valence-electron chi connectivity index (χ2n) is 5.44. The number of rotatable bonds is 4. The highest BCUT2D eigenvalue weighted by Gasteiger charge is 2.13. The van der Waals surface area contributed by atoms with Gasteiger partial charge in [0.1, 0.15) is 18.2 Å². The fourth-order valence-corrected chi connectivity index (χ4v) is 2.78. The lowest BCUT2D eigenvalue weighted by molar-refractivity contribution is 0.101. The molecule has 2 aromatic carbocycles. The number of halogens is 1. The second-order valence-corrected chi connectivity index (χ2v) is 5.44. The number of aryl methyl sites for hydroxylation is 2. The third kappa shape index (κ3) is 2.97. The van der Waals surface area contributed by atoms with Gasteiger partial charge in [0.2, 0.25) is 0 Å². The second kappa shape index (κ2) is 5.68. The first-order chi connectivity index (χ1) is 10.1. The Morgan fingerprint density at radius 2 is 1.95 bits per heavy atom. The molecule has 0 saturated heterocycles. The van der Waals surface area contributed by atoms with Crippen molar-refractivity contribution in [3.05, 3.63) is 64.5 Å². The Morgan fingerprint density at radius 1 is 1.14 bits per heavy atom. The molecule has 0 radical (unpaired) electrons.